The van der Waals surface area contributed by atoms with E-state index in [0.29, 0.717) is 0 Å². The molecule has 0 aromatic heterocycles. The number of carbonyl (C=O) groups is 1. The van der Waals surface area contributed by atoms with E-state index in [2.05, 4.69) is 29.5 Å². The van der Waals surface area contributed by atoms with Crippen LogP contribution in [0.1, 0.15) is 70.3 Å². The molecule has 0 bridgehead atoms. The molecular formula is C20H31IO2Te. The Bertz CT molecular complexity index is 452. The van der Waals surface area contributed by atoms with Crippen LogP contribution in [-0.2, 0) is 8.22 Å². The molecule has 0 aliphatic carbocycles. The van der Waals surface area contributed by atoms with Gasteiger partial charge in [-0.05, 0) is 0 Å². The Balaban J connectivity index is 2.15. The van der Waals surface area contributed by atoms with Gasteiger partial charge in [0.05, 0.1) is 0 Å². The summed E-state index contributed by atoms with van der Waals surface area (Å²) in [5.41, 5.74) is 0.922. The number of rotatable bonds is 14. The molecule has 0 saturated carbocycles. The van der Waals surface area contributed by atoms with Gasteiger partial charge in [0, 0.05) is 0 Å². The third-order valence-corrected chi connectivity index (χ3v) is 9.19. The van der Waals surface area contributed by atoms with Crippen molar-refractivity contribution in [1.29, 1.82) is 0 Å². The molecule has 1 aromatic rings. The topological polar surface area (TPSA) is 37.3 Å². The standard InChI is InChI=1S/C20H31IO2Te/c1-2-3-4-5-6-7-11-16-24-17-12-15-20(21,19(22)23)18-13-9-8-10-14-18/h8-10,13-14H,2-7,11-12,15-17H2,1H3,(H,22,23). The van der Waals surface area contributed by atoms with E-state index in [-0.39, 0.29) is 20.9 Å². The van der Waals surface area contributed by atoms with Gasteiger partial charge in [-0.25, -0.2) is 0 Å². The van der Waals surface area contributed by atoms with Crippen molar-refractivity contribution < 1.29 is 9.90 Å². The zero-order chi connectivity index (χ0) is 17.7. The Morgan fingerprint density at radius 3 is 2.21 bits per heavy atom. The van der Waals surface area contributed by atoms with Gasteiger partial charge in [-0.3, -0.25) is 0 Å². The van der Waals surface area contributed by atoms with Gasteiger partial charge >= 0.3 is 172 Å². The van der Waals surface area contributed by atoms with Crippen LogP contribution in [0.25, 0.3) is 0 Å². The van der Waals surface area contributed by atoms with E-state index in [0.717, 1.165) is 18.4 Å². The predicted molar refractivity (Wildman–Crippen MR) is 112 cm³/mol. The first-order valence-corrected chi connectivity index (χ1v) is 13.5. The molecule has 0 amide bonds. The summed E-state index contributed by atoms with van der Waals surface area (Å²) in [7, 11) is 0. The van der Waals surface area contributed by atoms with E-state index in [4.69, 9.17) is 0 Å². The second kappa shape index (κ2) is 13.4. The summed E-state index contributed by atoms with van der Waals surface area (Å²) in [6, 6.07) is 9.68. The number of alkyl halides is 1. The number of carboxylic acid groups (broad SMARTS) is 1. The van der Waals surface area contributed by atoms with E-state index in [1.165, 1.54) is 53.9 Å². The zero-order valence-electron chi connectivity index (χ0n) is 14.8. The van der Waals surface area contributed by atoms with Crippen LogP contribution in [0, 0.1) is 0 Å². The second-order valence-corrected chi connectivity index (χ2v) is 11.6. The number of carboxylic acids is 1. The van der Waals surface area contributed by atoms with Gasteiger partial charge in [-0.15, -0.1) is 0 Å². The first kappa shape index (κ1) is 22.3. The van der Waals surface area contributed by atoms with Crippen molar-refractivity contribution >= 4 is 49.5 Å². The van der Waals surface area contributed by atoms with Crippen molar-refractivity contribution in [3.63, 3.8) is 0 Å². The van der Waals surface area contributed by atoms with Crippen LogP contribution in [0.15, 0.2) is 30.3 Å². The molecule has 0 heterocycles. The number of hydrogen-bond donors (Lipinski definition) is 1. The van der Waals surface area contributed by atoms with Crippen molar-refractivity contribution in [2.75, 3.05) is 0 Å². The molecule has 136 valence electrons. The fraction of sp³-hybridized carbons (Fsp3) is 0.650. The quantitative estimate of drug-likeness (QED) is 0.123. The monoisotopic (exact) mass is 560 g/mol. The van der Waals surface area contributed by atoms with Gasteiger partial charge in [-0.1, -0.05) is 0 Å². The second-order valence-electron chi connectivity index (χ2n) is 6.31. The first-order valence-electron chi connectivity index (χ1n) is 9.17. The van der Waals surface area contributed by atoms with E-state index < -0.39 is 9.39 Å². The van der Waals surface area contributed by atoms with E-state index in [1.807, 2.05) is 30.3 Å². The fourth-order valence-electron chi connectivity index (χ4n) is 2.76. The molecule has 0 aliphatic heterocycles. The van der Waals surface area contributed by atoms with Gasteiger partial charge in [0.15, 0.2) is 0 Å². The molecule has 0 fully saturated rings. The molecule has 1 atom stereocenters. The molecule has 0 aliphatic rings. The minimum atomic E-state index is -0.759. The van der Waals surface area contributed by atoms with Crippen molar-refractivity contribution in [1.82, 2.24) is 0 Å². The number of halogens is 1. The van der Waals surface area contributed by atoms with Gasteiger partial charge in [0.25, 0.3) is 0 Å². The summed E-state index contributed by atoms with van der Waals surface area (Å²) >= 11 is 2.21. The number of unbranched alkanes of at least 4 members (excludes halogenated alkanes) is 6. The van der Waals surface area contributed by atoms with Crippen molar-refractivity contribution in [3.8, 4) is 0 Å². The summed E-state index contributed by atoms with van der Waals surface area (Å²) in [6.45, 7) is 2.26. The minimum absolute atomic E-state index is 0.0768. The molecule has 1 unspecified atom stereocenters. The Labute approximate surface area is 171 Å². The zero-order valence-corrected chi connectivity index (χ0v) is 19.3. The van der Waals surface area contributed by atoms with Crippen LogP contribution in [0.3, 0.4) is 0 Å². The Hall–Kier alpha value is 0.210. The summed E-state index contributed by atoms with van der Waals surface area (Å²) in [6.07, 6.45) is 11.5. The summed E-state index contributed by atoms with van der Waals surface area (Å²) in [4.78, 5) is 11.7. The SMILES string of the molecule is CCCCCCCCC[Te]CCCC(I)(C(=O)O)c1ccccc1. The molecule has 1 aromatic carbocycles. The fourth-order valence-corrected chi connectivity index (χ4v) is 6.24. The average Bonchev–Trinajstić information content (AvgIpc) is 2.60. The van der Waals surface area contributed by atoms with Crippen molar-refractivity contribution in [3.05, 3.63) is 35.9 Å². The van der Waals surface area contributed by atoms with Crippen LogP contribution in [0.4, 0.5) is 0 Å². The predicted octanol–water partition coefficient (Wildman–Crippen LogP) is 6.47. The van der Waals surface area contributed by atoms with Crippen LogP contribution < -0.4 is 0 Å². The van der Waals surface area contributed by atoms with Crippen molar-refractivity contribution in [2.24, 2.45) is 0 Å². The Morgan fingerprint density at radius 2 is 1.58 bits per heavy atom. The van der Waals surface area contributed by atoms with Gasteiger partial charge in [0.1, 0.15) is 0 Å². The van der Waals surface area contributed by atoms with Crippen LogP contribution in [-0.4, -0.2) is 32.0 Å². The number of hydrogen-bond acceptors (Lipinski definition) is 1. The third-order valence-electron chi connectivity index (χ3n) is 4.27. The molecule has 4 heteroatoms. The van der Waals surface area contributed by atoms with E-state index in [1.54, 1.807) is 0 Å². The van der Waals surface area contributed by atoms with E-state index in [9.17, 15) is 9.90 Å². The summed E-state index contributed by atoms with van der Waals surface area (Å²) < 4.78 is 1.93. The maximum atomic E-state index is 11.7. The Kier molecular flexibility index (Phi) is 12.4. The molecule has 1 N–H and O–H groups in total. The Morgan fingerprint density at radius 1 is 1.00 bits per heavy atom. The van der Waals surface area contributed by atoms with Gasteiger partial charge in [-0.2, -0.15) is 0 Å². The van der Waals surface area contributed by atoms with Crippen LogP contribution in [0.2, 0.25) is 8.94 Å². The number of benzene rings is 1. The van der Waals surface area contributed by atoms with Crippen molar-refractivity contribution in [2.45, 2.75) is 77.1 Å². The molecule has 0 radical (unpaired) electrons. The first-order chi connectivity index (χ1) is 11.6. The molecule has 1 rings (SSSR count). The molecule has 0 spiro atoms. The maximum absolute atomic E-state index is 11.7. The van der Waals surface area contributed by atoms with Crippen LogP contribution in [0.5, 0.6) is 0 Å². The summed E-state index contributed by atoms with van der Waals surface area (Å²) in [5.74, 6) is -0.707. The number of aliphatic carboxylic acids is 1. The van der Waals surface area contributed by atoms with Gasteiger partial charge < -0.3 is 0 Å². The third kappa shape index (κ3) is 8.54. The normalized spacial score (nSPS) is 13.6. The van der Waals surface area contributed by atoms with Crippen LogP contribution >= 0.6 is 22.6 Å². The average molecular weight is 558 g/mol. The molecule has 0 saturated heterocycles. The molecular weight excluding hydrogens is 527 g/mol. The molecule has 2 nitrogen and oxygen atoms in total. The van der Waals surface area contributed by atoms with Gasteiger partial charge in [0.2, 0.25) is 0 Å². The molecule has 24 heavy (non-hydrogen) atoms. The van der Waals surface area contributed by atoms with E-state index >= 15 is 0 Å². The summed E-state index contributed by atoms with van der Waals surface area (Å²) in [5, 5.41) is 9.65.